The van der Waals surface area contributed by atoms with Crippen molar-refractivity contribution in [1.82, 2.24) is 5.32 Å². The molecule has 3 saturated heterocycles. The first-order valence-electron chi connectivity index (χ1n) is 11.2. The minimum absolute atomic E-state index is 0.559. The van der Waals surface area contributed by atoms with Crippen molar-refractivity contribution in [2.75, 3.05) is 6.61 Å². The maximum absolute atomic E-state index is 11.6. The summed E-state index contributed by atoms with van der Waals surface area (Å²) in [5.41, 5.74) is 0. The van der Waals surface area contributed by atoms with Crippen LogP contribution < -0.4 is 5.32 Å². The van der Waals surface area contributed by atoms with Crippen LogP contribution in [-0.4, -0.2) is 140 Å². The van der Waals surface area contributed by atoms with Gasteiger partial charge in [0.05, 0.1) is 18.8 Å². The van der Waals surface area contributed by atoms with Gasteiger partial charge in [-0.15, -0.1) is 11.6 Å². The minimum atomic E-state index is -1.66. The van der Waals surface area contributed by atoms with E-state index in [2.05, 4.69) is 5.32 Å². The third kappa shape index (κ3) is 6.06. The van der Waals surface area contributed by atoms with Crippen LogP contribution in [0.5, 0.6) is 0 Å². The molecular weight excluding hydrogens is 498 g/mol. The van der Waals surface area contributed by atoms with Crippen LogP contribution in [0.15, 0.2) is 0 Å². The van der Waals surface area contributed by atoms with Gasteiger partial charge in [0.1, 0.15) is 60.3 Å². The number of hydrogen-bond donors (Lipinski definition) is 8. The molecule has 0 aromatic rings. The predicted octanol–water partition coefficient (Wildman–Crippen LogP) is -4.13. The number of ether oxygens (including phenoxy) is 5. The zero-order valence-corrected chi connectivity index (χ0v) is 20.1. The molecule has 204 valence electrons. The standard InChI is InChI=1S/C20H34ClNO13/c1-5-11(25)14(28)15(29)20(32-5)34-16-9(21)19(31-6(2)12(16)26)35-17-10(22-7(3)24)18(30)33-8(4-23)13(17)27/h5-6,8-20,23,25-30H,4H2,1-3H3,(H,22,24)/t5-,6-,8+,9+,10+,11-,12-,13+,14+,15+,16-,17+,18?,19-,20-/m0/s1. The summed E-state index contributed by atoms with van der Waals surface area (Å²) in [4.78, 5) is 11.6. The summed E-state index contributed by atoms with van der Waals surface area (Å²) in [5, 5.41) is 72.4. The summed E-state index contributed by atoms with van der Waals surface area (Å²) < 4.78 is 27.7. The average Bonchev–Trinajstić information content (AvgIpc) is 2.80. The SMILES string of the molecule is CC(=O)N[C@H]1C(O)O[C@H](CO)[C@@H](O)[C@@H]1O[C@@H]1O[C@@H](C)[C@H](O)[C@@H](O[C@@H]2O[C@@H](C)[C@H](O)[C@@H](O)[C@H]2O)[C@H]1Cl. The number of carbonyl (C=O) groups excluding carboxylic acids is 1. The number of hydrogen-bond acceptors (Lipinski definition) is 13. The number of aliphatic hydroxyl groups is 7. The Balaban J connectivity index is 1.79. The van der Waals surface area contributed by atoms with Crippen molar-refractivity contribution in [2.24, 2.45) is 0 Å². The molecule has 15 heteroatoms. The Morgan fingerprint density at radius 2 is 1.40 bits per heavy atom. The summed E-state index contributed by atoms with van der Waals surface area (Å²) in [6, 6.07) is -1.26. The van der Waals surface area contributed by atoms with E-state index in [0.29, 0.717) is 0 Å². The number of halogens is 1. The van der Waals surface area contributed by atoms with Crippen LogP contribution >= 0.6 is 11.6 Å². The lowest BCUT2D eigenvalue weighted by molar-refractivity contribution is -0.343. The van der Waals surface area contributed by atoms with E-state index >= 15 is 0 Å². The maximum Gasteiger partial charge on any atom is 0.217 e. The van der Waals surface area contributed by atoms with E-state index < -0.39 is 104 Å². The normalized spacial score (nSPS) is 51.1. The van der Waals surface area contributed by atoms with Crippen molar-refractivity contribution >= 4 is 17.5 Å². The molecule has 3 fully saturated rings. The molecule has 0 radical (unpaired) electrons. The average molecular weight is 532 g/mol. The molecule has 0 aliphatic carbocycles. The van der Waals surface area contributed by atoms with Gasteiger partial charge in [0.25, 0.3) is 0 Å². The topological polar surface area (TPSA) is 217 Å². The van der Waals surface area contributed by atoms with E-state index in [0.717, 1.165) is 0 Å². The number of rotatable bonds is 6. The molecule has 8 N–H and O–H groups in total. The Morgan fingerprint density at radius 1 is 0.829 bits per heavy atom. The van der Waals surface area contributed by atoms with E-state index in [9.17, 15) is 40.5 Å². The molecule has 3 heterocycles. The lowest BCUT2D eigenvalue weighted by Gasteiger charge is -2.48. The van der Waals surface area contributed by atoms with Crippen LogP contribution in [0.1, 0.15) is 20.8 Å². The van der Waals surface area contributed by atoms with Crippen molar-refractivity contribution in [3.05, 3.63) is 0 Å². The van der Waals surface area contributed by atoms with Gasteiger partial charge in [-0.25, -0.2) is 0 Å². The molecule has 15 atom stereocenters. The van der Waals surface area contributed by atoms with Crippen LogP contribution in [0, 0.1) is 0 Å². The van der Waals surface area contributed by atoms with E-state index in [-0.39, 0.29) is 0 Å². The highest BCUT2D eigenvalue weighted by Gasteiger charge is 2.52. The van der Waals surface area contributed by atoms with E-state index in [1.54, 1.807) is 0 Å². The molecule has 1 unspecified atom stereocenters. The molecule has 0 spiro atoms. The van der Waals surface area contributed by atoms with Crippen molar-refractivity contribution in [3.8, 4) is 0 Å². The predicted molar refractivity (Wildman–Crippen MR) is 114 cm³/mol. The van der Waals surface area contributed by atoms with E-state index in [1.165, 1.54) is 20.8 Å². The zero-order valence-electron chi connectivity index (χ0n) is 19.3. The van der Waals surface area contributed by atoms with Gasteiger partial charge in [-0.05, 0) is 13.8 Å². The van der Waals surface area contributed by atoms with Crippen LogP contribution in [0.4, 0.5) is 0 Å². The number of nitrogens with one attached hydrogen (secondary N) is 1. The van der Waals surface area contributed by atoms with Gasteiger partial charge in [-0.2, -0.15) is 0 Å². The van der Waals surface area contributed by atoms with Crippen molar-refractivity contribution in [2.45, 2.75) is 112 Å². The molecular formula is C20H34ClNO13. The number of alkyl halides is 1. The maximum atomic E-state index is 11.6. The fourth-order valence-electron chi connectivity index (χ4n) is 4.31. The van der Waals surface area contributed by atoms with Crippen molar-refractivity contribution < 1.29 is 64.2 Å². The first-order chi connectivity index (χ1) is 16.4. The Bertz CT molecular complexity index is 721. The second kappa shape index (κ2) is 11.8. The lowest BCUT2D eigenvalue weighted by atomic mass is 9.95. The third-order valence-electron chi connectivity index (χ3n) is 6.37. The summed E-state index contributed by atoms with van der Waals surface area (Å²) in [6.45, 7) is 3.46. The molecule has 1 amide bonds. The largest absolute Gasteiger partial charge is 0.394 e. The quantitative estimate of drug-likeness (QED) is 0.153. The van der Waals surface area contributed by atoms with Gasteiger partial charge < -0.3 is 64.7 Å². The summed E-state index contributed by atoms with van der Waals surface area (Å²) in [5.74, 6) is -0.559. The summed E-state index contributed by atoms with van der Waals surface area (Å²) >= 11 is 6.51. The number of amides is 1. The molecule has 0 aromatic heterocycles. The fourth-order valence-corrected chi connectivity index (χ4v) is 4.64. The molecule has 0 aromatic carbocycles. The van der Waals surface area contributed by atoms with Gasteiger partial charge in [0, 0.05) is 6.92 Å². The second-order valence-corrected chi connectivity index (χ2v) is 9.50. The van der Waals surface area contributed by atoms with Crippen molar-refractivity contribution in [3.63, 3.8) is 0 Å². The van der Waals surface area contributed by atoms with Gasteiger partial charge in [0.15, 0.2) is 18.9 Å². The molecule has 35 heavy (non-hydrogen) atoms. The number of carbonyl (C=O) groups is 1. The highest BCUT2D eigenvalue weighted by molar-refractivity contribution is 6.21. The Labute approximate surface area is 206 Å². The molecule has 3 aliphatic heterocycles. The van der Waals surface area contributed by atoms with Gasteiger partial charge in [0.2, 0.25) is 5.91 Å². The highest BCUT2D eigenvalue weighted by atomic mass is 35.5. The van der Waals surface area contributed by atoms with E-state index in [1.807, 2.05) is 0 Å². The van der Waals surface area contributed by atoms with Gasteiger partial charge in [-0.3, -0.25) is 4.79 Å². The molecule has 14 nitrogen and oxygen atoms in total. The Morgan fingerprint density at radius 3 is 2.00 bits per heavy atom. The number of aliphatic hydroxyl groups excluding tert-OH is 7. The lowest BCUT2D eigenvalue weighted by Crippen LogP contribution is -2.67. The summed E-state index contributed by atoms with van der Waals surface area (Å²) in [7, 11) is 0. The Hall–Kier alpha value is -0.720. The Kier molecular flexibility index (Phi) is 9.70. The van der Waals surface area contributed by atoms with Gasteiger partial charge in [-0.1, -0.05) is 0 Å². The smallest absolute Gasteiger partial charge is 0.217 e. The molecule has 0 bridgehead atoms. The first-order valence-corrected chi connectivity index (χ1v) is 11.7. The molecule has 0 saturated carbocycles. The van der Waals surface area contributed by atoms with Crippen LogP contribution in [0.3, 0.4) is 0 Å². The van der Waals surface area contributed by atoms with Crippen LogP contribution in [0.2, 0.25) is 0 Å². The first kappa shape index (κ1) is 28.8. The van der Waals surface area contributed by atoms with Crippen molar-refractivity contribution in [1.29, 1.82) is 0 Å². The highest BCUT2D eigenvalue weighted by Crippen LogP contribution is 2.34. The fraction of sp³-hybridized carbons (Fsp3) is 0.950. The monoisotopic (exact) mass is 531 g/mol. The second-order valence-electron chi connectivity index (χ2n) is 8.99. The van der Waals surface area contributed by atoms with Crippen LogP contribution in [0.25, 0.3) is 0 Å². The van der Waals surface area contributed by atoms with Gasteiger partial charge >= 0.3 is 0 Å². The minimum Gasteiger partial charge on any atom is -0.394 e. The van der Waals surface area contributed by atoms with E-state index in [4.69, 9.17) is 35.3 Å². The van der Waals surface area contributed by atoms with Crippen LogP contribution in [-0.2, 0) is 28.5 Å². The third-order valence-corrected chi connectivity index (χ3v) is 6.83. The molecule has 3 aliphatic rings. The zero-order chi connectivity index (χ0) is 26.2. The summed E-state index contributed by atoms with van der Waals surface area (Å²) in [6.07, 6.45) is -17.7. The molecule has 3 rings (SSSR count).